The van der Waals surface area contributed by atoms with Crippen LogP contribution >= 0.6 is 0 Å². The maximum absolute atomic E-state index is 5.77. The fourth-order valence-corrected chi connectivity index (χ4v) is 2.27. The number of nitrogens with zero attached hydrogens (tertiary/aromatic N) is 2. The molecule has 3 heteroatoms. The van der Waals surface area contributed by atoms with Crippen molar-refractivity contribution >= 4 is 11.2 Å². The molecule has 2 heterocycles. The van der Waals surface area contributed by atoms with Crippen molar-refractivity contribution in [1.29, 1.82) is 0 Å². The molecule has 0 unspecified atom stereocenters. The number of imidazole rings is 1. The molecule has 2 aromatic heterocycles. The van der Waals surface area contributed by atoms with Gasteiger partial charge in [0.2, 0.25) is 0 Å². The number of aromatic nitrogens is 2. The molecular formula is C16H17N3. The molecule has 0 saturated carbocycles. The van der Waals surface area contributed by atoms with Gasteiger partial charge in [0.05, 0.1) is 11.7 Å². The molecule has 96 valence electrons. The quantitative estimate of drug-likeness (QED) is 0.777. The van der Waals surface area contributed by atoms with Crippen LogP contribution in [0.15, 0.2) is 48.8 Å². The Morgan fingerprint density at radius 1 is 1.11 bits per heavy atom. The fraction of sp³-hybridized carbons (Fsp3) is 0.188. The van der Waals surface area contributed by atoms with Crippen LogP contribution in [0.5, 0.6) is 0 Å². The Kier molecular flexibility index (Phi) is 2.95. The molecule has 0 radical (unpaired) electrons. The highest BCUT2D eigenvalue weighted by Gasteiger charge is 2.04. The van der Waals surface area contributed by atoms with E-state index in [4.69, 9.17) is 5.73 Å². The van der Waals surface area contributed by atoms with Gasteiger partial charge >= 0.3 is 0 Å². The van der Waals surface area contributed by atoms with Crippen LogP contribution in [-0.4, -0.2) is 9.38 Å². The summed E-state index contributed by atoms with van der Waals surface area (Å²) in [5.74, 6) is 1.08. The number of benzene rings is 1. The number of hydrogen-bond acceptors (Lipinski definition) is 2. The van der Waals surface area contributed by atoms with Gasteiger partial charge in [-0.2, -0.15) is 0 Å². The topological polar surface area (TPSA) is 43.3 Å². The number of fused-ring (bicyclic) bond motifs is 1. The van der Waals surface area contributed by atoms with Crippen LogP contribution in [0.4, 0.5) is 5.69 Å². The Hall–Kier alpha value is -2.29. The second-order valence-electron chi connectivity index (χ2n) is 4.91. The summed E-state index contributed by atoms with van der Waals surface area (Å²) >= 11 is 0. The second kappa shape index (κ2) is 4.76. The highest BCUT2D eigenvalue weighted by Crippen LogP contribution is 2.13. The number of aryl methyl sites for hydroxylation is 3. The molecule has 3 aromatic rings. The van der Waals surface area contributed by atoms with Crippen LogP contribution in [-0.2, 0) is 12.8 Å². The highest BCUT2D eigenvalue weighted by molar-refractivity contribution is 5.55. The minimum atomic E-state index is 0.775. The van der Waals surface area contributed by atoms with E-state index in [1.807, 2.05) is 24.5 Å². The van der Waals surface area contributed by atoms with E-state index in [1.165, 1.54) is 11.1 Å². The summed E-state index contributed by atoms with van der Waals surface area (Å²) in [5, 5.41) is 0. The smallest absolute Gasteiger partial charge is 0.113 e. The average Bonchev–Trinajstić information content (AvgIpc) is 2.80. The van der Waals surface area contributed by atoms with E-state index in [1.54, 1.807) is 0 Å². The van der Waals surface area contributed by atoms with Crippen LogP contribution in [0.1, 0.15) is 17.0 Å². The van der Waals surface area contributed by atoms with E-state index in [0.29, 0.717) is 0 Å². The number of pyridine rings is 1. The summed E-state index contributed by atoms with van der Waals surface area (Å²) in [5.41, 5.74) is 10.2. The normalized spacial score (nSPS) is 11.0. The first-order valence-electron chi connectivity index (χ1n) is 6.49. The third-order valence-corrected chi connectivity index (χ3v) is 3.39. The lowest BCUT2D eigenvalue weighted by Crippen LogP contribution is -1.98. The third kappa shape index (κ3) is 2.45. The van der Waals surface area contributed by atoms with Gasteiger partial charge in [-0.3, -0.25) is 0 Å². The first-order valence-corrected chi connectivity index (χ1v) is 6.49. The zero-order valence-corrected chi connectivity index (χ0v) is 11.0. The number of nitrogens with two attached hydrogens (primary N) is 1. The predicted molar refractivity (Wildman–Crippen MR) is 78.2 cm³/mol. The van der Waals surface area contributed by atoms with Crippen molar-refractivity contribution in [1.82, 2.24) is 9.38 Å². The zero-order chi connectivity index (χ0) is 13.2. The number of anilines is 1. The fourth-order valence-electron chi connectivity index (χ4n) is 2.27. The molecule has 19 heavy (non-hydrogen) atoms. The lowest BCUT2D eigenvalue weighted by molar-refractivity contribution is 0.853. The van der Waals surface area contributed by atoms with E-state index in [2.05, 4.69) is 40.6 Å². The van der Waals surface area contributed by atoms with Crippen molar-refractivity contribution in [2.45, 2.75) is 19.8 Å². The van der Waals surface area contributed by atoms with Gasteiger partial charge in [-0.15, -0.1) is 0 Å². The number of nitrogen functional groups attached to an aromatic ring is 1. The molecular weight excluding hydrogens is 234 g/mol. The molecule has 1 aromatic carbocycles. The Morgan fingerprint density at radius 3 is 2.68 bits per heavy atom. The molecule has 0 aliphatic heterocycles. The van der Waals surface area contributed by atoms with Crippen molar-refractivity contribution in [3.63, 3.8) is 0 Å². The number of rotatable bonds is 3. The molecule has 0 aliphatic rings. The van der Waals surface area contributed by atoms with Gasteiger partial charge in [-0.05, 0) is 31.0 Å². The molecule has 0 saturated heterocycles. The van der Waals surface area contributed by atoms with Gasteiger partial charge in [0.1, 0.15) is 5.82 Å². The second-order valence-corrected chi connectivity index (χ2v) is 4.91. The average molecular weight is 251 g/mol. The SMILES string of the molecule is Cc1ccc(CCc2ncc3cc(N)ccn23)cc1. The molecule has 0 aliphatic carbocycles. The van der Waals surface area contributed by atoms with Crippen LogP contribution in [0, 0.1) is 6.92 Å². The summed E-state index contributed by atoms with van der Waals surface area (Å²) in [6, 6.07) is 12.5. The van der Waals surface area contributed by atoms with Gasteiger partial charge in [-0.1, -0.05) is 29.8 Å². The van der Waals surface area contributed by atoms with E-state index in [-0.39, 0.29) is 0 Å². The van der Waals surface area contributed by atoms with Gasteiger partial charge in [0.15, 0.2) is 0 Å². The van der Waals surface area contributed by atoms with Crippen molar-refractivity contribution in [2.75, 3.05) is 5.73 Å². The number of hydrogen-bond donors (Lipinski definition) is 1. The van der Waals surface area contributed by atoms with Gasteiger partial charge in [0.25, 0.3) is 0 Å². The first-order chi connectivity index (χ1) is 9.22. The molecule has 0 spiro atoms. The lowest BCUT2D eigenvalue weighted by atomic mass is 10.1. The largest absolute Gasteiger partial charge is 0.399 e. The Bertz CT molecular complexity index is 696. The molecule has 0 bridgehead atoms. The van der Waals surface area contributed by atoms with Crippen molar-refractivity contribution in [3.8, 4) is 0 Å². The highest BCUT2D eigenvalue weighted by atomic mass is 15.0. The molecule has 2 N–H and O–H groups in total. The minimum Gasteiger partial charge on any atom is -0.399 e. The van der Waals surface area contributed by atoms with Crippen molar-refractivity contribution < 1.29 is 0 Å². The van der Waals surface area contributed by atoms with Gasteiger partial charge in [0, 0.05) is 18.3 Å². The molecule has 3 nitrogen and oxygen atoms in total. The summed E-state index contributed by atoms with van der Waals surface area (Å²) in [7, 11) is 0. The van der Waals surface area contributed by atoms with E-state index < -0.39 is 0 Å². The maximum Gasteiger partial charge on any atom is 0.113 e. The Morgan fingerprint density at radius 2 is 1.89 bits per heavy atom. The molecule has 0 fully saturated rings. The van der Waals surface area contributed by atoms with Gasteiger partial charge < -0.3 is 10.1 Å². The summed E-state index contributed by atoms with van der Waals surface area (Å²) in [6.45, 7) is 2.11. The predicted octanol–water partition coefficient (Wildman–Crippen LogP) is 3.01. The minimum absolute atomic E-state index is 0.775. The zero-order valence-electron chi connectivity index (χ0n) is 11.0. The van der Waals surface area contributed by atoms with Gasteiger partial charge in [-0.25, -0.2) is 4.98 Å². The summed E-state index contributed by atoms with van der Waals surface area (Å²) in [6.07, 6.45) is 5.80. The molecule has 3 rings (SSSR count). The summed E-state index contributed by atoms with van der Waals surface area (Å²) < 4.78 is 2.10. The summed E-state index contributed by atoms with van der Waals surface area (Å²) in [4.78, 5) is 4.48. The van der Waals surface area contributed by atoms with Crippen LogP contribution in [0.2, 0.25) is 0 Å². The Labute approximate surface area is 112 Å². The van der Waals surface area contributed by atoms with E-state index in [0.717, 1.165) is 29.9 Å². The molecule has 0 amide bonds. The van der Waals surface area contributed by atoms with E-state index >= 15 is 0 Å². The van der Waals surface area contributed by atoms with Crippen LogP contribution in [0.25, 0.3) is 5.52 Å². The van der Waals surface area contributed by atoms with Crippen LogP contribution < -0.4 is 5.73 Å². The van der Waals surface area contributed by atoms with Crippen molar-refractivity contribution in [3.05, 3.63) is 65.7 Å². The Balaban J connectivity index is 1.80. The standard InChI is InChI=1S/C16H17N3/c1-12-2-4-13(5-3-12)6-7-16-18-11-15-10-14(17)8-9-19(15)16/h2-5,8-11H,6-7,17H2,1H3. The third-order valence-electron chi connectivity index (χ3n) is 3.39. The first kappa shape index (κ1) is 11.8. The van der Waals surface area contributed by atoms with Crippen molar-refractivity contribution in [2.24, 2.45) is 0 Å². The van der Waals surface area contributed by atoms with E-state index in [9.17, 15) is 0 Å². The monoisotopic (exact) mass is 251 g/mol. The maximum atomic E-state index is 5.77. The molecule has 0 atom stereocenters. The lowest BCUT2D eigenvalue weighted by Gasteiger charge is -2.03. The van der Waals surface area contributed by atoms with Crippen LogP contribution in [0.3, 0.4) is 0 Å².